The number of nitrogen functional groups attached to an aromatic ring is 1. The average molecular weight is 230 g/mol. The number of carbonyl (C=O) groups is 1. The van der Waals surface area contributed by atoms with Crippen LogP contribution in [0.4, 0.5) is 11.8 Å². The molecule has 15 heavy (non-hydrogen) atoms. The van der Waals surface area contributed by atoms with Crippen LogP contribution in [0.3, 0.4) is 0 Å². The van der Waals surface area contributed by atoms with Crippen LogP contribution in [0.1, 0.15) is 6.92 Å². The Morgan fingerprint density at radius 1 is 1.60 bits per heavy atom. The number of nitrogens with two attached hydrogens (primary N) is 1. The molecule has 0 fully saturated rings. The molecule has 0 unspecified atom stereocenters. The fourth-order valence-electron chi connectivity index (χ4n) is 0.924. The zero-order valence-corrected chi connectivity index (χ0v) is 9.01. The molecule has 0 aromatic carbocycles. The van der Waals surface area contributed by atoms with Crippen LogP contribution in [0.25, 0.3) is 0 Å². The van der Waals surface area contributed by atoms with Gasteiger partial charge < -0.3 is 16.4 Å². The Hall–Kier alpha value is -1.56. The molecule has 1 rings (SSSR count). The Bertz CT molecular complexity index is 357. The molecule has 1 aromatic rings. The number of halogens is 1. The normalized spacial score (nSPS) is 9.73. The summed E-state index contributed by atoms with van der Waals surface area (Å²) in [5.41, 5.74) is 5.39. The molecule has 0 bridgehead atoms. The third-order valence-corrected chi connectivity index (χ3v) is 1.83. The molecule has 4 N–H and O–H groups in total. The highest BCUT2D eigenvalue weighted by molar-refractivity contribution is 6.32. The number of aromatic nitrogens is 2. The minimum atomic E-state index is -0.0786. The van der Waals surface area contributed by atoms with Gasteiger partial charge in [-0.15, -0.1) is 0 Å². The Labute approximate surface area is 92.2 Å². The van der Waals surface area contributed by atoms with Crippen molar-refractivity contribution in [3.63, 3.8) is 0 Å². The SMILES string of the molecule is CC(=O)NCCNc1nc(N)ncc1Cl. The number of anilines is 2. The van der Waals surface area contributed by atoms with E-state index in [9.17, 15) is 4.79 Å². The quantitative estimate of drug-likeness (QED) is 0.644. The summed E-state index contributed by atoms with van der Waals surface area (Å²) in [6, 6.07) is 0. The monoisotopic (exact) mass is 229 g/mol. The van der Waals surface area contributed by atoms with Crippen LogP contribution >= 0.6 is 11.6 Å². The second kappa shape index (κ2) is 5.35. The molecule has 0 aliphatic carbocycles. The van der Waals surface area contributed by atoms with Gasteiger partial charge in [-0.1, -0.05) is 11.6 Å². The third kappa shape index (κ3) is 3.99. The highest BCUT2D eigenvalue weighted by Crippen LogP contribution is 2.17. The van der Waals surface area contributed by atoms with E-state index in [0.717, 1.165) is 0 Å². The van der Waals surface area contributed by atoms with E-state index in [1.807, 2.05) is 0 Å². The van der Waals surface area contributed by atoms with E-state index in [1.54, 1.807) is 0 Å². The summed E-state index contributed by atoms with van der Waals surface area (Å²) >= 11 is 5.81. The van der Waals surface area contributed by atoms with Gasteiger partial charge in [0.1, 0.15) is 5.02 Å². The van der Waals surface area contributed by atoms with Crippen molar-refractivity contribution in [1.82, 2.24) is 15.3 Å². The lowest BCUT2D eigenvalue weighted by atomic mass is 10.5. The Morgan fingerprint density at radius 3 is 3.00 bits per heavy atom. The molecular weight excluding hydrogens is 218 g/mol. The van der Waals surface area contributed by atoms with Crippen LogP contribution < -0.4 is 16.4 Å². The van der Waals surface area contributed by atoms with E-state index in [4.69, 9.17) is 17.3 Å². The Balaban J connectivity index is 2.43. The van der Waals surface area contributed by atoms with E-state index in [0.29, 0.717) is 23.9 Å². The molecule has 0 aliphatic rings. The first kappa shape index (κ1) is 11.5. The maximum atomic E-state index is 10.6. The van der Waals surface area contributed by atoms with Gasteiger partial charge in [-0.3, -0.25) is 4.79 Å². The topological polar surface area (TPSA) is 92.9 Å². The highest BCUT2D eigenvalue weighted by Gasteiger charge is 2.02. The fraction of sp³-hybridized carbons (Fsp3) is 0.375. The van der Waals surface area contributed by atoms with E-state index in [2.05, 4.69) is 20.6 Å². The van der Waals surface area contributed by atoms with Crippen LogP contribution in [0.15, 0.2) is 6.20 Å². The smallest absolute Gasteiger partial charge is 0.222 e. The number of amides is 1. The fourth-order valence-corrected chi connectivity index (χ4v) is 1.08. The van der Waals surface area contributed by atoms with Crippen molar-refractivity contribution in [1.29, 1.82) is 0 Å². The first-order valence-corrected chi connectivity index (χ1v) is 4.73. The van der Waals surface area contributed by atoms with Gasteiger partial charge in [-0.2, -0.15) is 4.98 Å². The summed E-state index contributed by atoms with van der Waals surface area (Å²) in [4.78, 5) is 18.2. The first-order chi connectivity index (χ1) is 7.09. The molecular formula is C8H12ClN5O. The lowest BCUT2D eigenvalue weighted by molar-refractivity contribution is -0.118. The predicted molar refractivity (Wildman–Crippen MR) is 58.6 cm³/mol. The number of hydrogen-bond donors (Lipinski definition) is 3. The maximum absolute atomic E-state index is 10.6. The van der Waals surface area contributed by atoms with Gasteiger partial charge in [0.25, 0.3) is 0 Å². The van der Waals surface area contributed by atoms with Gasteiger partial charge in [-0.05, 0) is 0 Å². The van der Waals surface area contributed by atoms with Crippen LogP contribution in [0.2, 0.25) is 5.02 Å². The van der Waals surface area contributed by atoms with Crippen molar-refractivity contribution in [2.24, 2.45) is 0 Å². The van der Waals surface area contributed by atoms with Gasteiger partial charge in [-0.25, -0.2) is 4.98 Å². The molecule has 0 radical (unpaired) electrons. The van der Waals surface area contributed by atoms with E-state index in [-0.39, 0.29) is 11.9 Å². The van der Waals surface area contributed by atoms with Crippen LogP contribution in [-0.2, 0) is 4.79 Å². The molecule has 0 aliphatic heterocycles. The maximum Gasteiger partial charge on any atom is 0.222 e. The minimum absolute atomic E-state index is 0.0786. The van der Waals surface area contributed by atoms with E-state index < -0.39 is 0 Å². The molecule has 6 nitrogen and oxygen atoms in total. The lowest BCUT2D eigenvalue weighted by Crippen LogP contribution is -2.26. The largest absolute Gasteiger partial charge is 0.368 e. The molecule has 0 spiro atoms. The summed E-state index contributed by atoms with van der Waals surface area (Å²) in [5.74, 6) is 0.543. The summed E-state index contributed by atoms with van der Waals surface area (Å²) in [6.45, 7) is 2.47. The number of carbonyl (C=O) groups excluding carboxylic acids is 1. The second-order valence-electron chi connectivity index (χ2n) is 2.83. The standard InChI is InChI=1S/C8H12ClN5O/c1-5(15)11-2-3-12-7-6(9)4-13-8(10)14-7/h4H,2-3H2,1H3,(H,11,15)(H3,10,12,13,14). The molecule has 1 aromatic heterocycles. The van der Waals surface area contributed by atoms with Crippen molar-refractivity contribution in [3.05, 3.63) is 11.2 Å². The van der Waals surface area contributed by atoms with Crippen LogP contribution in [0, 0.1) is 0 Å². The zero-order chi connectivity index (χ0) is 11.3. The molecule has 0 atom stereocenters. The summed E-state index contributed by atoms with van der Waals surface area (Å²) in [6.07, 6.45) is 1.42. The molecule has 1 heterocycles. The summed E-state index contributed by atoms with van der Waals surface area (Å²) in [7, 11) is 0. The van der Waals surface area contributed by atoms with Crippen LogP contribution in [0.5, 0.6) is 0 Å². The Kier molecular flexibility index (Phi) is 4.11. The third-order valence-electron chi connectivity index (χ3n) is 1.55. The van der Waals surface area contributed by atoms with Gasteiger partial charge >= 0.3 is 0 Å². The number of rotatable bonds is 4. The van der Waals surface area contributed by atoms with Gasteiger partial charge in [0, 0.05) is 20.0 Å². The molecule has 0 saturated heterocycles. The molecule has 82 valence electrons. The van der Waals surface area contributed by atoms with E-state index in [1.165, 1.54) is 13.1 Å². The van der Waals surface area contributed by atoms with Crippen molar-refractivity contribution in [2.75, 3.05) is 24.1 Å². The summed E-state index contributed by atoms with van der Waals surface area (Å²) < 4.78 is 0. The van der Waals surface area contributed by atoms with Gasteiger partial charge in [0.2, 0.25) is 11.9 Å². The molecule has 7 heteroatoms. The highest BCUT2D eigenvalue weighted by atomic mass is 35.5. The number of nitrogens with zero attached hydrogens (tertiary/aromatic N) is 2. The van der Waals surface area contributed by atoms with E-state index >= 15 is 0 Å². The van der Waals surface area contributed by atoms with Gasteiger partial charge in [0.05, 0.1) is 6.20 Å². The minimum Gasteiger partial charge on any atom is -0.368 e. The van der Waals surface area contributed by atoms with Crippen molar-refractivity contribution >= 4 is 29.3 Å². The van der Waals surface area contributed by atoms with Crippen molar-refractivity contribution < 1.29 is 4.79 Å². The van der Waals surface area contributed by atoms with Crippen molar-refractivity contribution in [2.45, 2.75) is 6.92 Å². The zero-order valence-electron chi connectivity index (χ0n) is 8.25. The average Bonchev–Trinajstić information content (AvgIpc) is 2.17. The molecule has 0 saturated carbocycles. The molecule has 1 amide bonds. The first-order valence-electron chi connectivity index (χ1n) is 4.36. The second-order valence-corrected chi connectivity index (χ2v) is 3.24. The summed E-state index contributed by atoms with van der Waals surface area (Å²) in [5, 5.41) is 5.96. The predicted octanol–water partition coefficient (Wildman–Crippen LogP) is 0.260. The number of nitrogens with one attached hydrogen (secondary N) is 2. The van der Waals surface area contributed by atoms with Gasteiger partial charge in [0.15, 0.2) is 5.82 Å². The lowest BCUT2D eigenvalue weighted by Gasteiger charge is -2.07. The Morgan fingerprint density at radius 2 is 2.33 bits per heavy atom. The van der Waals surface area contributed by atoms with Crippen molar-refractivity contribution in [3.8, 4) is 0 Å². The number of hydrogen-bond acceptors (Lipinski definition) is 5. The van der Waals surface area contributed by atoms with Crippen LogP contribution in [-0.4, -0.2) is 29.0 Å².